The van der Waals surface area contributed by atoms with Gasteiger partial charge in [-0.05, 0) is 24.1 Å². The summed E-state index contributed by atoms with van der Waals surface area (Å²) in [6.07, 6.45) is 5.19. The first-order valence-electron chi connectivity index (χ1n) is 6.24. The minimum absolute atomic E-state index is 0.351. The van der Waals surface area contributed by atoms with E-state index in [2.05, 4.69) is 41.3 Å². The third-order valence-corrected chi connectivity index (χ3v) is 2.79. The maximum absolute atomic E-state index is 8.99. The average molecular weight is 255 g/mol. The lowest BCUT2D eigenvalue weighted by atomic mass is 10.2. The second kappa shape index (κ2) is 5.63. The average Bonchev–Trinajstić information content (AvgIpc) is 2.84. The van der Waals surface area contributed by atoms with Crippen molar-refractivity contribution in [2.24, 2.45) is 0 Å². The van der Waals surface area contributed by atoms with Crippen molar-refractivity contribution in [1.82, 2.24) is 19.9 Å². The van der Waals surface area contributed by atoms with Gasteiger partial charge in [0.25, 0.3) is 0 Å². The number of rotatable bonds is 4. The lowest BCUT2D eigenvalue weighted by molar-refractivity contribution is 0.587. The van der Waals surface area contributed by atoms with Crippen molar-refractivity contribution in [2.45, 2.75) is 33.4 Å². The minimum atomic E-state index is 0.351. The van der Waals surface area contributed by atoms with Crippen LogP contribution in [0.1, 0.15) is 30.8 Å². The molecule has 0 aliphatic heterocycles. The van der Waals surface area contributed by atoms with Gasteiger partial charge < -0.3 is 5.32 Å². The molecule has 2 heterocycles. The van der Waals surface area contributed by atoms with E-state index in [1.54, 1.807) is 17.0 Å². The summed E-state index contributed by atoms with van der Waals surface area (Å²) >= 11 is 0. The molecule has 0 aromatic carbocycles. The molecule has 1 N–H and O–H groups in total. The van der Waals surface area contributed by atoms with Gasteiger partial charge in [-0.15, -0.1) is 0 Å². The summed E-state index contributed by atoms with van der Waals surface area (Å²) in [5.74, 6) is 1.10. The number of aromatic nitrogens is 3. The molecule has 0 amide bonds. The second-order valence-electron chi connectivity index (χ2n) is 4.75. The van der Waals surface area contributed by atoms with E-state index in [0.717, 1.165) is 23.5 Å². The summed E-state index contributed by atoms with van der Waals surface area (Å²) in [5, 5.41) is 12.3. The molecule has 0 unspecified atom stereocenters. The minimum Gasteiger partial charge on any atom is -0.310 e. The maximum atomic E-state index is 8.99. The fourth-order valence-corrected chi connectivity index (χ4v) is 1.85. The molecule has 2 aromatic heterocycles. The summed E-state index contributed by atoms with van der Waals surface area (Å²) in [5.41, 5.74) is 2.16. The third-order valence-electron chi connectivity index (χ3n) is 2.79. The van der Waals surface area contributed by atoms with Gasteiger partial charge in [-0.25, -0.2) is 9.97 Å². The fourth-order valence-electron chi connectivity index (χ4n) is 1.85. The van der Waals surface area contributed by atoms with Crippen molar-refractivity contribution >= 4 is 0 Å². The van der Waals surface area contributed by atoms with Crippen LogP contribution < -0.4 is 5.32 Å². The summed E-state index contributed by atoms with van der Waals surface area (Å²) < 4.78 is 1.70. The molecule has 5 nitrogen and oxygen atoms in total. The highest BCUT2D eigenvalue weighted by atomic mass is 15.1. The Kier molecular flexibility index (Phi) is 3.93. The van der Waals surface area contributed by atoms with E-state index in [0.29, 0.717) is 11.9 Å². The van der Waals surface area contributed by atoms with Crippen LogP contribution in [0.2, 0.25) is 0 Å². The highest BCUT2D eigenvalue weighted by molar-refractivity contribution is 5.38. The SMILES string of the molecule is Cc1cc(CNC(C)C)cnc1-n1ccnc1C#N. The predicted molar refractivity (Wildman–Crippen MR) is 72.8 cm³/mol. The van der Waals surface area contributed by atoms with Crippen LogP contribution in [0.3, 0.4) is 0 Å². The van der Waals surface area contributed by atoms with E-state index in [9.17, 15) is 0 Å². The summed E-state index contributed by atoms with van der Waals surface area (Å²) in [6.45, 7) is 7.00. The number of aryl methyl sites for hydroxylation is 1. The van der Waals surface area contributed by atoms with Crippen molar-refractivity contribution in [3.63, 3.8) is 0 Å². The number of nitrogens with zero attached hydrogens (tertiary/aromatic N) is 4. The van der Waals surface area contributed by atoms with Gasteiger partial charge in [0.2, 0.25) is 5.82 Å². The predicted octanol–water partition coefficient (Wildman–Crippen LogP) is 1.95. The number of imidazole rings is 1. The Balaban J connectivity index is 2.27. The quantitative estimate of drug-likeness (QED) is 0.906. The number of nitriles is 1. The van der Waals surface area contributed by atoms with Gasteiger partial charge in [0, 0.05) is 31.2 Å². The van der Waals surface area contributed by atoms with Gasteiger partial charge in [-0.3, -0.25) is 4.57 Å². The Morgan fingerprint density at radius 3 is 2.84 bits per heavy atom. The van der Waals surface area contributed by atoms with E-state index in [1.807, 2.05) is 13.1 Å². The summed E-state index contributed by atoms with van der Waals surface area (Å²) in [4.78, 5) is 8.42. The molecule has 0 bridgehead atoms. The molecule has 2 aromatic rings. The molecule has 0 atom stereocenters. The highest BCUT2D eigenvalue weighted by Gasteiger charge is 2.08. The van der Waals surface area contributed by atoms with Gasteiger partial charge in [-0.1, -0.05) is 13.8 Å². The van der Waals surface area contributed by atoms with Gasteiger partial charge >= 0.3 is 0 Å². The molecular weight excluding hydrogens is 238 g/mol. The number of hydrogen-bond donors (Lipinski definition) is 1. The zero-order valence-electron chi connectivity index (χ0n) is 11.4. The van der Waals surface area contributed by atoms with Crippen molar-refractivity contribution in [3.8, 4) is 11.9 Å². The maximum Gasteiger partial charge on any atom is 0.218 e. The highest BCUT2D eigenvalue weighted by Crippen LogP contribution is 2.14. The standard InChI is InChI=1S/C14H17N5/c1-10(2)17-8-12-6-11(3)14(18-9-12)19-5-4-16-13(19)7-15/h4-6,9-10,17H,8H2,1-3H3. The van der Waals surface area contributed by atoms with Gasteiger partial charge in [0.1, 0.15) is 11.9 Å². The van der Waals surface area contributed by atoms with Crippen molar-refractivity contribution in [3.05, 3.63) is 41.6 Å². The molecule has 0 spiro atoms. The Labute approximate surface area is 112 Å². The van der Waals surface area contributed by atoms with Gasteiger partial charge in [-0.2, -0.15) is 5.26 Å². The first-order valence-corrected chi connectivity index (χ1v) is 6.24. The molecule has 0 aliphatic rings. The summed E-state index contributed by atoms with van der Waals surface area (Å²) in [6, 6.07) is 4.58. The zero-order valence-corrected chi connectivity index (χ0v) is 11.4. The van der Waals surface area contributed by atoms with E-state index < -0.39 is 0 Å². The summed E-state index contributed by atoms with van der Waals surface area (Å²) in [7, 11) is 0. The van der Waals surface area contributed by atoms with E-state index in [-0.39, 0.29) is 0 Å². The Morgan fingerprint density at radius 1 is 1.42 bits per heavy atom. The molecule has 0 radical (unpaired) electrons. The monoisotopic (exact) mass is 255 g/mol. The molecule has 0 aliphatic carbocycles. The lowest BCUT2D eigenvalue weighted by Gasteiger charge is -2.11. The van der Waals surface area contributed by atoms with Crippen LogP contribution in [0, 0.1) is 18.3 Å². The smallest absolute Gasteiger partial charge is 0.218 e. The largest absolute Gasteiger partial charge is 0.310 e. The van der Waals surface area contributed by atoms with Crippen LogP contribution in [0.25, 0.3) is 5.82 Å². The fraction of sp³-hybridized carbons (Fsp3) is 0.357. The van der Waals surface area contributed by atoms with E-state index in [1.165, 1.54) is 0 Å². The molecule has 0 saturated heterocycles. The molecule has 0 saturated carbocycles. The van der Waals surface area contributed by atoms with Crippen LogP contribution in [-0.4, -0.2) is 20.6 Å². The molecular formula is C14H17N5. The van der Waals surface area contributed by atoms with E-state index in [4.69, 9.17) is 5.26 Å². The van der Waals surface area contributed by atoms with Gasteiger partial charge in [0.15, 0.2) is 0 Å². The molecule has 5 heteroatoms. The van der Waals surface area contributed by atoms with Gasteiger partial charge in [0.05, 0.1) is 0 Å². The first-order chi connectivity index (χ1) is 9.11. The number of pyridine rings is 1. The van der Waals surface area contributed by atoms with Crippen LogP contribution >= 0.6 is 0 Å². The molecule has 19 heavy (non-hydrogen) atoms. The molecule has 2 rings (SSSR count). The number of hydrogen-bond acceptors (Lipinski definition) is 4. The topological polar surface area (TPSA) is 66.5 Å². The first kappa shape index (κ1) is 13.2. The van der Waals surface area contributed by atoms with Crippen molar-refractivity contribution < 1.29 is 0 Å². The third kappa shape index (κ3) is 2.98. The van der Waals surface area contributed by atoms with Crippen LogP contribution in [0.4, 0.5) is 0 Å². The van der Waals surface area contributed by atoms with Crippen LogP contribution in [0.15, 0.2) is 24.7 Å². The zero-order chi connectivity index (χ0) is 13.8. The molecule has 98 valence electrons. The Bertz CT molecular complexity index is 607. The van der Waals surface area contributed by atoms with Crippen molar-refractivity contribution in [1.29, 1.82) is 5.26 Å². The number of nitrogens with one attached hydrogen (secondary N) is 1. The normalized spacial score (nSPS) is 10.7. The Hall–Kier alpha value is -2.19. The molecule has 0 fully saturated rings. The van der Waals surface area contributed by atoms with Crippen LogP contribution in [0.5, 0.6) is 0 Å². The lowest BCUT2D eigenvalue weighted by Crippen LogP contribution is -2.22. The van der Waals surface area contributed by atoms with Crippen molar-refractivity contribution in [2.75, 3.05) is 0 Å². The van der Waals surface area contributed by atoms with Crippen LogP contribution in [-0.2, 0) is 6.54 Å². The Morgan fingerprint density at radius 2 is 2.21 bits per heavy atom. The second-order valence-corrected chi connectivity index (χ2v) is 4.75. The van der Waals surface area contributed by atoms with E-state index >= 15 is 0 Å².